The maximum Gasteiger partial charge on any atom is 0.319 e. The van der Waals surface area contributed by atoms with Crippen molar-refractivity contribution in [2.45, 2.75) is 20.8 Å². The fraction of sp³-hybridized carbons (Fsp3) is 0.333. The highest BCUT2D eigenvalue weighted by Gasteiger charge is 2.20. The van der Waals surface area contributed by atoms with Gasteiger partial charge in [-0.25, -0.2) is 4.79 Å². The highest BCUT2D eigenvalue weighted by molar-refractivity contribution is 5.95. The third-order valence-electron chi connectivity index (χ3n) is 2.49. The molecule has 0 radical (unpaired) electrons. The standard InChI is InChI=1S/C15H21N3O2/c1-5-10-16-14(20)18-12-8-6-11(7-9-12)17-13(19)15(2,3)4/h5-9H,1,10H2,2-4H3,(H,17,19)(H2,16,18,20). The molecule has 0 fully saturated rings. The Balaban J connectivity index is 2.58. The smallest absolute Gasteiger partial charge is 0.319 e. The molecule has 0 spiro atoms. The molecule has 5 heteroatoms. The van der Waals surface area contributed by atoms with Crippen LogP contribution < -0.4 is 16.0 Å². The Kier molecular flexibility index (Phi) is 5.32. The van der Waals surface area contributed by atoms with Crippen molar-refractivity contribution in [2.75, 3.05) is 17.2 Å². The lowest BCUT2D eigenvalue weighted by Gasteiger charge is -2.17. The molecule has 20 heavy (non-hydrogen) atoms. The highest BCUT2D eigenvalue weighted by Crippen LogP contribution is 2.18. The number of anilines is 2. The van der Waals surface area contributed by atoms with Crippen LogP contribution in [0, 0.1) is 5.41 Å². The van der Waals surface area contributed by atoms with E-state index < -0.39 is 5.41 Å². The Labute approximate surface area is 119 Å². The largest absolute Gasteiger partial charge is 0.334 e. The van der Waals surface area contributed by atoms with Crippen molar-refractivity contribution in [3.63, 3.8) is 0 Å². The zero-order valence-corrected chi connectivity index (χ0v) is 12.1. The molecule has 0 aliphatic carbocycles. The summed E-state index contributed by atoms with van der Waals surface area (Å²) in [6.07, 6.45) is 1.60. The van der Waals surface area contributed by atoms with E-state index in [2.05, 4.69) is 22.5 Å². The van der Waals surface area contributed by atoms with Crippen LogP contribution in [0.25, 0.3) is 0 Å². The lowest BCUT2D eigenvalue weighted by Crippen LogP contribution is -2.28. The third kappa shape index (κ3) is 5.14. The molecule has 3 amide bonds. The van der Waals surface area contributed by atoms with Crippen LogP contribution in [-0.2, 0) is 4.79 Å². The van der Waals surface area contributed by atoms with Crippen LogP contribution >= 0.6 is 0 Å². The van der Waals surface area contributed by atoms with Gasteiger partial charge in [-0.05, 0) is 24.3 Å². The zero-order chi connectivity index (χ0) is 15.2. The number of benzene rings is 1. The van der Waals surface area contributed by atoms with Gasteiger partial charge in [0.1, 0.15) is 0 Å². The topological polar surface area (TPSA) is 70.2 Å². The summed E-state index contributed by atoms with van der Waals surface area (Å²) in [5, 5.41) is 8.10. The first-order chi connectivity index (χ1) is 9.32. The molecule has 0 unspecified atom stereocenters. The molecule has 1 aromatic carbocycles. The van der Waals surface area contributed by atoms with Crippen LogP contribution in [0.1, 0.15) is 20.8 Å². The molecular formula is C15H21N3O2. The zero-order valence-electron chi connectivity index (χ0n) is 12.1. The predicted molar refractivity (Wildman–Crippen MR) is 81.7 cm³/mol. The number of amides is 3. The maximum atomic E-state index is 11.8. The summed E-state index contributed by atoms with van der Waals surface area (Å²) in [5.41, 5.74) is 0.906. The second kappa shape index (κ2) is 6.75. The van der Waals surface area contributed by atoms with Crippen molar-refractivity contribution < 1.29 is 9.59 Å². The number of urea groups is 1. The van der Waals surface area contributed by atoms with E-state index in [4.69, 9.17) is 0 Å². The molecule has 0 atom stereocenters. The van der Waals surface area contributed by atoms with Gasteiger partial charge in [-0.3, -0.25) is 4.79 Å². The molecule has 0 saturated carbocycles. The molecular weight excluding hydrogens is 254 g/mol. The maximum absolute atomic E-state index is 11.8. The Morgan fingerprint density at radius 3 is 2.05 bits per heavy atom. The van der Waals surface area contributed by atoms with Crippen molar-refractivity contribution in [1.29, 1.82) is 0 Å². The number of nitrogens with one attached hydrogen (secondary N) is 3. The number of hydrogen-bond acceptors (Lipinski definition) is 2. The van der Waals surface area contributed by atoms with Gasteiger partial charge in [0.15, 0.2) is 0 Å². The molecule has 108 valence electrons. The van der Waals surface area contributed by atoms with Crippen molar-refractivity contribution >= 4 is 23.3 Å². The van der Waals surface area contributed by atoms with E-state index in [1.54, 1.807) is 30.3 Å². The predicted octanol–water partition coefficient (Wildman–Crippen LogP) is 2.98. The van der Waals surface area contributed by atoms with Gasteiger partial charge >= 0.3 is 6.03 Å². The van der Waals surface area contributed by atoms with Gasteiger partial charge in [0, 0.05) is 23.3 Å². The second-order valence-corrected chi connectivity index (χ2v) is 5.41. The molecule has 0 aliphatic rings. The molecule has 1 rings (SSSR count). The van der Waals surface area contributed by atoms with E-state index in [1.807, 2.05) is 20.8 Å². The summed E-state index contributed by atoms with van der Waals surface area (Å²) < 4.78 is 0. The average Bonchev–Trinajstić information content (AvgIpc) is 2.37. The molecule has 0 bridgehead atoms. The number of hydrogen-bond donors (Lipinski definition) is 3. The summed E-state index contributed by atoms with van der Waals surface area (Å²) >= 11 is 0. The van der Waals surface area contributed by atoms with Crippen molar-refractivity contribution in [1.82, 2.24) is 5.32 Å². The van der Waals surface area contributed by atoms with Crippen molar-refractivity contribution in [3.8, 4) is 0 Å². The van der Waals surface area contributed by atoms with Gasteiger partial charge in [0.25, 0.3) is 0 Å². The molecule has 0 aliphatic heterocycles. The van der Waals surface area contributed by atoms with E-state index >= 15 is 0 Å². The van der Waals surface area contributed by atoms with Crippen molar-refractivity contribution in [2.24, 2.45) is 5.41 Å². The Morgan fingerprint density at radius 1 is 1.10 bits per heavy atom. The summed E-state index contributed by atoms with van der Waals surface area (Å²) in [4.78, 5) is 23.2. The van der Waals surface area contributed by atoms with E-state index in [0.717, 1.165) is 0 Å². The van der Waals surface area contributed by atoms with Gasteiger partial charge in [0.05, 0.1) is 0 Å². The third-order valence-corrected chi connectivity index (χ3v) is 2.49. The molecule has 0 aromatic heterocycles. The fourth-order valence-corrected chi connectivity index (χ4v) is 1.30. The molecule has 0 saturated heterocycles. The molecule has 3 N–H and O–H groups in total. The minimum absolute atomic E-state index is 0.0538. The lowest BCUT2D eigenvalue weighted by atomic mass is 9.95. The fourth-order valence-electron chi connectivity index (χ4n) is 1.30. The van der Waals surface area contributed by atoms with E-state index in [0.29, 0.717) is 17.9 Å². The van der Waals surface area contributed by atoms with Crippen LogP contribution in [0.2, 0.25) is 0 Å². The monoisotopic (exact) mass is 275 g/mol. The normalized spacial score (nSPS) is 10.6. The van der Waals surface area contributed by atoms with Gasteiger partial charge in [-0.2, -0.15) is 0 Å². The summed E-state index contributed by atoms with van der Waals surface area (Å²) in [6, 6.07) is 6.65. The van der Waals surface area contributed by atoms with E-state index in [9.17, 15) is 9.59 Å². The lowest BCUT2D eigenvalue weighted by molar-refractivity contribution is -0.123. The SMILES string of the molecule is C=CCNC(=O)Nc1ccc(NC(=O)C(C)(C)C)cc1. The first-order valence-electron chi connectivity index (χ1n) is 6.40. The van der Waals surface area contributed by atoms with Gasteiger partial charge in [0.2, 0.25) is 5.91 Å². The Hall–Kier alpha value is -2.30. The van der Waals surface area contributed by atoms with Crippen LogP contribution in [-0.4, -0.2) is 18.5 Å². The Bertz CT molecular complexity index is 487. The second-order valence-electron chi connectivity index (χ2n) is 5.41. The summed E-state index contributed by atoms with van der Waals surface area (Å²) in [7, 11) is 0. The molecule has 0 heterocycles. The van der Waals surface area contributed by atoms with Crippen LogP contribution in [0.3, 0.4) is 0 Å². The first kappa shape index (κ1) is 15.8. The van der Waals surface area contributed by atoms with Crippen LogP contribution in [0.15, 0.2) is 36.9 Å². The number of carbonyl (C=O) groups is 2. The van der Waals surface area contributed by atoms with Gasteiger partial charge < -0.3 is 16.0 Å². The van der Waals surface area contributed by atoms with Crippen LogP contribution in [0.4, 0.5) is 16.2 Å². The molecule has 1 aromatic rings. The quantitative estimate of drug-likeness (QED) is 0.739. The van der Waals surface area contributed by atoms with E-state index in [1.165, 1.54) is 0 Å². The number of rotatable bonds is 4. The minimum Gasteiger partial charge on any atom is -0.334 e. The summed E-state index contributed by atoms with van der Waals surface area (Å²) in [5.74, 6) is -0.0538. The number of carbonyl (C=O) groups excluding carboxylic acids is 2. The van der Waals surface area contributed by atoms with Gasteiger partial charge in [-0.1, -0.05) is 26.8 Å². The Morgan fingerprint density at radius 2 is 1.60 bits per heavy atom. The summed E-state index contributed by atoms with van der Waals surface area (Å²) in [6.45, 7) is 9.47. The van der Waals surface area contributed by atoms with Gasteiger partial charge in [-0.15, -0.1) is 6.58 Å². The highest BCUT2D eigenvalue weighted by atomic mass is 16.2. The minimum atomic E-state index is -0.443. The molecule has 5 nitrogen and oxygen atoms in total. The first-order valence-corrected chi connectivity index (χ1v) is 6.40. The van der Waals surface area contributed by atoms with Crippen LogP contribution in [0.5, 0.6) is 0 Å². The average molecular weight is 275 g/mol. The van der Waals surface area contributed by atoms with E-state index in [-0.39, 0.29) is 11.9 Å². The van der Waals surface area contributed by atoms with Crippen molar-refractivity contribution in [3.05, 3.63) is 36.9 Å².